The molecule has 1 aliphatic heterocycles. The zero-order valence-corrected chi connectivity index (χ0v) is 11.4. The first-order valence-corrected chi connectivity index (χ1v) is 6.69. The van der Waals surface area contributed by atoms with Crippen LogP contribution in [0.25, 0.3) is 0 Å². The van der Waals surface area contributed by atoms with Crippen molar-refractivity contribution in [2.75, 3.05) is 32.8 Å². The Morgan fingerprint density at radius 1 is 1.47 bits per heavy atom. The third-order valence-corrected chi connectivity index (χ3v) is 3.72. The van der Waals surface area contributed by atoms with Crippen LogP contribution in [0.4, 0.5) is 0 Å². The van der Waals surface area contributed by atoms with E-state index in [0.29, 0.717) is 12.3 Å². The number of rotatable bonds is 6. The maximum absolute atomic E-state index is 11.6. The van der Waals surface area contributed by atoms with Crippen LogP contribution in [-0.2, 0) is 9.53 Å². The number of carbonyl (C=O) groups excluding carboxylic acids is 1. The molecule has 0 radical (unpaired) electrons. The van der Waals surface area contributed by atoms with E-state index < -0.39 is 5.91 Å². The van der Waals surface area contributed by atoms with Crippen LogP contribution in [0.5, 0.6) is 0 Å². The van der Waals surface area contributed by atoms with Gasteiger partial charge >= 0.3 is 0 Å². The summed E-state index contributed by atoms with van der Waals surface area (Å²) in [5.74, 6) is -0.466. The third-order valence-electron chi connectivity index (χ3n) is 3.72. The molecule has 0 bridgehead atoms. The van der Waals surface area contributed by atoms with Gasteiger partial charge in [-0.3, -0.25) is 4.79 Å². The maximum Gasteiger partial charge on any atom is 0.286 e. The van der Waals surface area contributed by atoms with Crippen LogP contribution in [0, 0.1) is 10.8 Å². The van der Waals surface area contributed by atoms with Crippen molar-refractivity contribution >= 4 is 12.1 Å². The molecule has 0 aromatic heterocycles. The fourth-order valence-electron chi connectivity index (χ4n) is 2.08. The van der Waals surface area contributed by atoms with Gasteiger partial charge < -0.3 is 26.1 Å². The highest BCUT2D eigenvalue weighted by Crippen LogP contribution is 2.45. The molecule has 0 aromatic rings. The first-order chi connectivity index (χ1) is 9.06. The van der Waals surface area contributed by atoms with Crippen LogP contribution in [0.3, 0.4) is 0 Å². The van der Waals surface area contributed by atoms with Crippen molar-refractivity contribution in [3.8, 4) is 0 Å². The van der Waals surface area contributed by atoms with Gasteiger partial charge in [0.2, 0.25) is 5.76 Å². The lowest BCUT2D eigenvalue weighted by molar-refractivity contribution is -0.118. The van der Waals surface area contributed by atoms with E-state index in [0.717, 1.165) is 39.0 Å². The molecule has 2 fully saturated rings. The Morgan fingerprint density at radius 2 is 2.11 bits per heavy atom. The van der Waals surface area contributed by atoms with E-state index in [1.54, 1.807) is 0 Å². The Balaban J connectivity index is 2.12. The maximum atomic E-state index is 11.6. The second kappa shape index (κ2) is 5.61. The molecule has 1 saturated heterocycles. The Kier molecular flexibility index (Phi) is 4.09. The van der Waals surface area contributed by atoms with Crippen LogP contribution >= 0.6 is 0 Å². The van der Waals surface area contributed by atoms with Gasteiger partial charge in [0.1, 0.15) is 5.70 Å². The first kappa shape index (κ1) is 13.9. The Morgan fingerprint density at radius 3 is 2.58 bits per heavy atom. The van der Waals surface area contributed by atoms with E-state index in [-0.39, 0.29) is 11.2 Å². The topological polar surface area (TPSA) is 91.4 Å². The molecule has 2 aliphatic rings. The summed E-state index contributed by atoms with van der Waals surface area (Å²) in [7, 11) is 0. The SMILES string of the molecule is CC1(CO/C(C(N)=O)=C(/C=N)N2CCNCC2)CC1. The van der Waals surface area contributed by atoms with Crippen molar-refractivity contribution in [1.82, 2.24) is 10.2 Å². The number of nitrogens with one attached hydrogen (secondary N) is 2. The first-order valence-electron chi connectivity index (χ1n) is 6.69. The van der Waals surface area contributed by atoms with E-state index >= 15 is 0 Å². The van der Waals surface area contributed by atoms with Gasteiger partial charge in [0.05, 0.1) is 6.61 Å². The van der Waals surface area contributed by atoms with Gasteiger partial charge in [-0.2, -0.15) is 0 Å². The van der Waals surface area contributed by atoms with Crippen LogP contribution in [0.1, 0.15) is 19.8 Å². The average Bonchev–Trinajstić information content (AvgIpc) is 3.13. The molecule has 2 rings (SSSR count). The summed E-state index contributed by atoms with van der Waals surface area (Å²) < 4.78 is 5.63. The highest BCUT2D eigenvalue weighted by Gasteiger charge is 2.39. The molecule has 0 spiro atoms. The molecule has 6 heteroatoms. The minimum Gasteiger partial charge on any atom is -0.486 e. The van der Waals surface area contributed by atoms with Crippen molar-refractivity contribution in [2.24, 2.45) is 11.1 Å². The normalized spacial score (nSPS) is 22.5. The second-order valence-corrected chi connectivity index (χ2v) is 5.56. The minimum absolute atomic E-state index is 0.130. The Bertz CT molecular complexity index is 395. The molecule has 106 valence electrons. The summed E-state index contributed by atoms with van der Waals surface area (Å²) in [6.45, 7) is 5.79. The number of nitrogens with two attached hydrogens (primary N) is 1. The number of piperazine rings is 1. The van der Waals surface area contributed by atoms with Crippen molar-refractivity contribution in [3.63, 3.8) is 0 Å². The van der Waals surface area contributed by atoms with E-state index in [2.05, 4.69) is 12.2 Å². The summed E-state index contributed by atoms with van der Waals surface area (Å²) in [6, 6.07) is 0. The van der Waals surface area contributed by atoms with Crippen molar-refractivity contribution < 1.29 is 9.53 Å². The molecule has 19 heavy (non-hydrogen) atoms. The molecule has 1 amide bonds. The number of amides is 1. The zero-order valence-electron chi connectivity index (χ0n) is 11.4. The van der Waals surface area contributed by atoms with Gasteiger partial charge in [-0.15, -0.1) is 0 Å². The van der Waals surface area contributed by atoms with E-state index in [4.69, 9.17) is 15.9 Å². The number of allylic oxidation sites excluding steroid dienone is 1. The fourth-order valence-corrected chi connectivity index (χ4v) is 2.08. The van der Waals surface area contributed by atoms with Gasteiger partial charge in [-0.05, 0) is 12.8 Å². The average molecular weight is 266 g/mol. The van der Waals surface area contributed by atoms with Crippen LogP contribution in [0.2, 0.25) is 0 Å². The summed E-state index contributed by atoms with van der Waals surface area (Å²) >= 11 is 0. The molecule has 0 unspecified atom stereocenters. The van der Waals surface area contributed by atoms with Crippen molar-refractivity contribution in [2.45, 2.75) is 19.8 Å². The van der Waals surface area contributed by atoms with E-state index in [9.17, 15) is 4.79 Å². The van der Waals surface area contributed by atoms with Crippen molar-refractivity contribution in [1.29, 1.82) is 5.41 Å². The van der Waals surface area contributed by atoms with Gasteiger partial charge in [-0.25, -0.2) is 0 Å². The number of carbonyl (C=O) groups is 1. The highest BCUT2D eigenvalue weighted by molar-refractivity contribution is 5.96. The van der Waals surface area contributed by atoms with E-state index in [1.165, 1.54) is 6.21 Å². The largest absolute Gasteiger partial charge is 0.486 e. The third kappa shape index (κ3) is 3.47. The summed E-state index contributed by atoms with van der Waals surface area (Å²) in [5.41, 5.74) is 6.08. The summed E-state index contributed by atoms with van der Waals surface area (Å²) in [5, 5.41) is 10.8. The predicted octanol–water partition coefficient (Wildman–Crippen LogP) is 0.0548. The van der Waals surface area contributed by atoms with Crippen LogP contribution in [-0.4, -0.2) is 49.8 Å². The quantitative estimate of drug-likeness (QED) is 0.360. The molecule has 1 heterocycles. The lowest BCUT2D eigenvalue weighted by atomic mass is 10.2. The lowest BCUT2D eigenvalue weighted by Gasteiger charge is -2.30. The van der Waals surface area contributed by atoms with Crippen LogP contribution in [0.15, 0.2) is 11.5 Å². The molecule has 6 nitrogen and oxygen atoms in total. The Labute approximate surface area is 113 Å². The van der Waals surface area contributed by atoms with Gasteiger partial charge in [0.15, 0.2) is 0 Å². The molecule has 0 aromatic carbocycles. The molecule has 4 N–H and O–H groups in total. The van der Waals surface area contributed by atoms with Crippen LogP contribution < -0.4 is 11.1 Å². The number of primary amides is 1. The lowest BCUT2D eigenvalue weighted by Crippen LogP contribution is -2.44. The monoisotopic (exact) mass is 266 g/mol. The summed E-state index contributed by atoms with van der Waals surface area (Å²) in [4.78, 5) is 13.5. The van der Waals surface area contributed by atoms with Gasteiger partial charge in [0, 0.05) is 37.8 Å². The minimum atomic E-state index is -0.596. The Hall–Kier alpha value is -1.56. The molecule has 0 atom stereocenters. The molecular weight excluding hydrogens is 244 g/mol. The number of hydrogen-bond acceptors (Lipinski definition) is 5. The van der Waals surface area contributed by atoms with E-state index in [1.807, 2.05) is 4.90 Å². The van der Waals surface area contributed by atoms with Gasteiger partial charge in [0.25, 0.3) is 5.91 Å². The van der Waals surface area contributed by atoms with Gasteiger partial charge in [-0.1, -0.05) is 6.92 Å². The molecule has 1 aliphatic carbocycles. The number of ether oxygens (including phenoxy) is 1. The number of nitrogens with zero attached hydrogens (tertiary/aromatic N) is 1. The summed E-state index contributed by atoms with van der Waals surface area (Å²) in [6.07, 6.45) is 3.40. The highest BCUT2D eigenvalue weighted by atomic mass is 16.5. The second-order valence-electron chi connectivity index (χ2n) is 5.56. The standard InChI is InChI=1S/C13H22N4O2/c1-13(2-3-13)9-19-11(12(15)18)10(8-14)17-6-4-16-5-7-17/h8,14,16H,2-7,9H2,1H3,(H2,15,18)/b11-10-,14-8?. The zero-order chi connectivity index (χ0) is 13.9. The predicted molar refractivity (Wildman–Crippen MR) is 72.7 cm³/mol. The molecule has 1 saturated carbocycles. The molecular formula is C13H22N4O2. The number of hydrogen-bond donors (Lipinski definition) is 3. The fraction of sp³-hybridized carbons (Fsp3) is 0.692. The smallest absolute Gasteiger partial charge is 0.286 e. The van der Waals surface area contributed by atoms with Crippen molar-refractivity contribution in [3.05, 3.63) is 11.5 Å².